The standard InChI is InChI=1S/C15H21ClN2O/c1-3-15(2)7-9-18(10-8-15)14(19)11-5-4-6-12(17)13(11)16/h4-6H,3,7-10,17H2,1-2H3. The van der Waals surface area contributed by atoms with Gasteiger partial charge in [-0.2, -0.15) is 0 Å². The van der Waals surface area contributed by atoms with Gasteiger partial charge >= 0.3 is 0 Å². The van der Waals surface area contributed by atoms with E-state index < -0.39 is 0 Å². The van der Waals surface area contributed by atoms with Crippen molar-refractivity contribution in [3.63, 3.8) is 0 Å². The average molecular weight is 281 g/mol. The van der Waals surface area contributed by atoms with Crippen LogP contribution in [0.5, 0.6) is 0 Å². The second-order valence-electron chi connectivity index (χ2n) is 5.67. The number of nitrogen functional groups attached to an aromatic ring is 1. The van der Waals surface area contributed by atoms with Crippen LogP contribution in [0, 0.1) is 5.41 Å². The summed E-state index contributed by atoms with van der Waals surface area (Å²) < 4.78 is 0. The lowest BCUT2D eigenvalue weighted by atomic mass is 9.78. The zero-order valence-electron chi connectivity index (χ0n) is 11.6. The summed E-state index contributed by atoms with van der Waals surface area (Å²) in [5.41, 5.74) is 7.10. The van der Waals surface area contributed by atoms with Crippen molar-refractivity contribution in [2.45, 2.75) is 33.1 Å². The van der Waals surface area contributed by atoms with Crippen LogP contribution in [0.1, 0.15) is 43.5 Å². The van der Waals surface area contributed by atoms with Crippen LogP contribution in [-0.2, 0) is 0 Å². The van der Waals surface area contributed by atoms with Gasteiger partial charge in [0, 0.05) is 13.1 Å². The zero-order valence-corrected chi connectivity index (χ0v) is 12.3. The van der Waals surface area contributed by atoms with Gasteiger partial charge in [0.2, 0.25) is 0 Å². The van der Waals surface area contributed by atoms with E-state index in [1.165, 1.54) is 0 Å². The molecule has 19 heavy (non-hydrogen) atoms. The minimum atomic E-state index is -0.00421. The summed E-state index contributed by atoms with van der Waals surface area (Å²) in [5, 5.41) is 0.372. The largest absolute Gasteiger partial charge is 0.398 e. The first kappa shape index (κ1) is 14.2. The third-order valence-electron chi connectivity index (χ3n) is 4.37. The van der Waals surface area contributed by atoms with Crippen LogP contribution in [0.3, 0.4) is 0 Å². The Balaban J connectivity index is 2.12. The fourth-order valence-corrected chi connectivity index (χ4v) is 2.70. The SMILES string of the molecule is CCC1(C)CCN(C(=O)c2cccc(N)c2Cl)CC1. The number of piperidine rings is 1. The predicted octanol–water partition coefficient (Wildman–Crippen LogP) is 3.57. The Bertz CT molecular complexity index is 479. The summed E-state index contributed by atoms with van der Waals surface area (Å²) in [6.07, 6.45) is 3.26. The molecule has 3 nitrogen and oxygen atoms in total. The number of halogens is 1. The van der Waals surface area contributed by atoms with Crippen LogP contribution in [0.15, 0.2) is 18.2 Å². The maximum Gasteiger partial charge on any atom is 0.255 e. The highest BCUT2D eigenvalue weighted by Crippen LogP contribution is 2.35. The first-order valence-corrected chi connectivity index (χ1v) is 7.18. The van der Waals surface area contributed by atoms with Crippen LogP contribution in [0.25, 0.3) is 0 Å². The number of anilines is 1. The van der Waals surface area contributed by atoms with E-state index in [-0.39, 0.29) is 5.91 Å². The number of hydrogen-bond donors (Lipinski definition) is 1. The number of carbonyl (C=O) groups is 1. The molecule has 0 aliphatic carbocycles. The Morgan fingerprint density at radius 2 is 2.05 bits per heavy atom. The molecule has 1 fully saturated rings. The van der Waals surface area contributed by atoms with E-state index in [2.05, 4.69) is 13.8 Å². The molecule has 1 amide bonds. The molecule has 1 heterocycles. The maximum atomic E-state index is 12.5. The fraction of sp³-hybridized carbons (Fsp3) is 0.533. The quantitative estimate of drug-likeness (QED) is 0.842. The number of nitrogens with zero attached hydrogens (tertiary/aromatic N) is 1. The van der Waals surface area contributed by atoms with Crippen molar-refractivity contribution in [2.24, 2.45) is 5.41 Å². The van der Waals surface area contributed by atoms with Gasteiger partial charge in [-0.3, -0.25) is 4.79 Å². The number of likely N-dealkylation sites (tertiary alicyclic amines) is 1. The topological polar surface area (TPSA) is 46.3 Å². The van der Waals surface area contributed by atoms with E-state index in [4.69, 9.17) is 17.3 Å². The lowest BCUT2D eigenvalue weighted by molar-refractivity contribution is 0.0600. The van der Waals surface area contributed by atoms with E-state index >= 15 is 0 Å². The van der Waals surface area contributed by atoms with Crippen LogP contribution in [0.4, 0.5) is 5.69 Å². The van der Waals surface area contributed by atoms with Crippen molar-refractivity contribution < 1.29 is 4.79 Å². The van der Waals surface area contributed by atoms with Crippen LogP contribution < -0.4 is 5.73 Å². The Hall–Kier alpha value is -1.22. The number of hydrogen-bond acceptors (Lipinski definition) is 2. The molecular weight excluding hydrogens is 260 g/mol. The maximum absolute atomic E-state index is 12.5. The van der Waals surface area contributed by atoms with E-state index in [1.54, 1.807) is 18.2 Å². The van der Waals surface area contributed by atoms with Gasteiger partial charge in [-0.1, -0.05) is 37.9 Å². The zero-order chi connectivity index (χ0) is 14.0. The summed E-state index contributed by atoms with van der Waals surface area (Å²) >= 11 is 6.12. The van der Waals surface area contributed by atoms with Gasteiger partial charge < -0.3 is 10.6 Å². The predicted molar refractivity (Wildman–Crippen MR) is 79.4 cm³/mol. The summed E-state index contributed by atoms with van der Waals surface area (Å²) in [5.74, 6) is -0.00421. The van der Waals surface area contributed by atoms with Crippen molar-refractivity contribution in [3.05, 3.63) is 28.8 Å². The Morgan fingerprint density at radius 1 is 1.42 bits per heavy atom. The highest BCUT2D eigenvalue weighted by atomic mass is 35.5. The Morgan fingerprint density at radius 3 is 2.63 bits per heavy atom. The fourth-order valence-electron chi connectivity index (χ4n) is 2.49. The number of rotatable bonds is 2. The second-order valence-corrected chi connectivity index (χ2v) is 6.04. The number of nitrogens with two attached hydrogens (primary N) is 1. The highest BCUT2D eigenvalue weighted by molar-refractivity contribution is 6.36. The third-order valence-corrected chi connectivity index (χ3v) is 4.79. The summed E-state index contributed by atoms with van der Waals surface area (Å²) in [6.45, 7) is 6.11. The third kappa shape index (κ3) is 2.86. The highest BCUT2D eigenvalue weighted by Gasteiger charge is 2.31. The van der Waals surface area contributed by atoms with Gasteiger partial charge in [0.15, 0.2) is 0 Å². The molecule has 2 rings (SSSR count). The van der Waals surface area contributed by atoms with Crippen molar-refractivity contribution >= 4 is 23.2 Å². The minimum absolute atomic E-state index is 0.00421. The van der Waals surface area contributed by atoms with E-state index in [0.29, 0.717) is 21.7 Å². The van der Waals surface area contributed by atoms with E-state index in [9.17, 15) is 4.79 Å². The number of carbonyl (C=O) groups excluding carboxylic acids is 1. The van der Waals surface area contributed by atoms with Crippen molar-refractivity contribution in [1.82, 2.24) is 4.90 Å². The summed E-state index contributed by atoms with van der Waals surface area (Å²) in [4.78, 5) is 14.3. The van der Waals surface area contributed by atoms with Crippen molar-refractivity contribution in [1.29, 1.82) is 0 Å². The van der Waals surface area contributed by atoms with Crippen LogP contribution in [0.2, 0.25) is 5.02 Å². The molecule has 1 aliphatic rings. The molecule has 0 aromatic heterocycles. The smallest absolute Gasteiger partial charge is 0.255 e. The van der Waals surface area contributed by atoms with Gasteiger partial charge in [0.1, 0.15) is 0 Å². The molecule has 0 radical (unpaired) electrons. The van der Waals surface area contributed by atoms with E-state index in [1.807, 2.05) is 4.90 Å². The molecule has 2 N–H and O–H groups in total. The number of benzene rings is 1. The lowest BCUT2D eigenvalue weighted by Gasteiger charge is -2.39. The normalized spacial score (nSPS) is 18.4. The monoisotopic (exact) mass is 280 g/mol. The lowest BCUT2D eigenvalue weighted by Crippen LogP contribution is -2.42. The molecule has 0 atom stereocenters. The molecular formula is C15H21ClN2O. The molecule has 0 unspecified atom stereocenters. The minimum Gasteiger partial charge on any atom is -0.398 e. The van der Waals surface area contributed by atoms with Crippen molar-refractivity contribution in [3.8, 4) is 0 Å². The summed E-state index contributed by atoms with van der Waals surface area (Å²) in [6, 6.07) is 5.23. The average Bonchev–Trinajstić information content (AvgIpc) is 2.42. The first-order valence-electron chi connectivity index (χ1n) is 6.80. The molecule has 4 heteroatoms. The number of amides is 1. The van der Waals surface area contributed by atoms with Gasteiger partial charge in [0.05, 0.1) is 16.3 Å². The van der Waals surface area contributed by atoms with Gasteiger partial charge in [-0.25, -0.2) is 0 Å². The van der Waals surface area contributed by atoms with Crippen LogP contribution in [-0.4, -0.2) is 23.9 Å². The summed E-state index contributed by atoms with van der Waals surface area (Å²) in [7, 11) is 0. The molecule has 1 aromatic rings. The Kier molecular flexibility index (Phi) is 4.04. The van der Waals surface area contributed by atoms with Crippen LogP contribution >= 0.6 is 11.6 Å². The molecule has 1 aliphatic heterocycles. The van der Waals surface area contributed by atoms with Gasteiger partial charge in [0.25, 0.3) is 5.91 Å². The second kappa shape index (κ2) is 5.41. The first-order chi connectivity index (χ1) is 8.97. The van der Waals surface area contributed by atoms with Crippen molar-refractivity contribution in [2.75, 3.05) is 18.8 Å². The molecule has 0 bridgehead atoms. The molecule has 1 saturated heterocycles. The Labute approximate surface area is 119 Å². The molecule has 104 valence electrons. The molecule has 0 saturated carbocycles. The van der Waals surface area contributed by atoms with Gasteiger partial charge in [-0.15, -0.1) is 0 Å². The molecule has 0 spiro atoms. The molecule has 1 aromatic carbocycles. The van der Waals surface area contributed by atoms with Gasteiger partial charge in [-0.05, 0) is 30.4 Å². The van der Waals surface area contributed by atoms with E-state index in [0.717, 1.165) is 32.4 Å².